The van der Waals surface area contributed by atoms with Gasteiger partial charge in [-0.1, -0.05) is 41.8 Å². The molecule has 0 fully saturated rings. The summed E-state index contributed by atoms with van der Waals surface area (Å²) in [6.45, 7) is 1.98. The van der Waals surface area contributed by atoms with Gasteiger partial charge in [0.15, 0.2) is 11.5 Å². The molecule has 1 heterocycles. The number of pyridine rings is 1. The highest BCUT2D eigenvalue weighted by Gasteiger charge is 2.12. The molecule has 4 heteroatoms. The molecule has 0 radical (unpaired) electrons. The minimum Gasteiger partial charge on any atom is -0.504 e. The Labute approximate surface area is 139 Å². The van der Waals surface area contributed by atoms with E-state index in [1.54, 1.807) is 12.1 Å². The van der Waals surface area contributed by atoms with Crippen molar-refractivity contribution in [2.45, 2.75) is 6.92 Å². The van der Waals surface area contributed by atoms with E-state index >= 15 is 0 Å². The van der Waals surface area contributed by atoms with Crippen molar-refractivity contribution >= 4 is 0 Å². The summed E-state index contributed by atoms with van der Waals surface area (Å²) in [4.78, 5) is 15.1. The number of nitrogens with one attached hydrogen (secondary N) is 1. The highest BCUT2D eigenvalue weighted by atomic mass is 16.3. The van der Waals surface area contributed by atoms with Crippen LogP contribution in [0.5, 0.6) is 11.5 Å². The first-order valence-corrected chi connectivity index (χ1v) is 7.33. The summed E-state index contributed by atoms with van der Waals surface area (Å²) >= 11 is 0. The number of terminal acetylenes is 1. The Hall–Kier alpha value is -3.45. The molecule has 24 heavy (non-hydrogen) atoms. The Kier molecular flexibility index (Phi) is 3.85. The molecule has 0 bridgehead atoms. The van der Waals surface area contributed by atoms with Gasteiger partial charge in [0.05, 0.1) is 5.56 Å². The number of aromatic nitrogens is 1. The average molecular weight is 317 g/mol. The van der Waals surface area contributed by atoms with Gasteiger partial charge in [-0.05, 0) is 36.2 Å². The topological polar surface area (TPSA) is 73.3 Å². The highest BCUT2D eigenvalue weighted by molar-refractivity contribution is 5.77. The molecule has 4 nitrogen and oxygen atoms in total. The molecule has 0 aliphatic rings. The molecule has 0 amide bonds. The Morgan fingerprint density at radius 3 is 2.25 bits per heavy atom. The van der Waals surface area contributed by atoms with E-state index in [4.69, 9.17) is 6.42 Å². The summed E-state index contributed by atoms with van der Waals surface area (Å²) in [5, 5.41) is 19.2. The van der Waals surface area contributed by atoms with Crippen molar-refractivity contribution in [3.05, 3.63) is 70.0 Å². The van der Waals surface area contributed by atoms with E-state index in [-0.39, 0.29) is 22.6 Å². The second-order valence-corrected chi connectivity index (χ2v) is 5.51. The van der Waals surface area contributed by atoms with Crippen molar-refractivity contribution in [3.63, 3.8) is 0 Å². The van der Waals surface area contributed by atoms with Gasteiger partial charge in [-0.15, -0.1) is 6.42 Å². The Morgan fingerprint density at radius 1 is 0.958 bits per heavy atom. The van der Waals surface area contributed by atoms with Crippen molar-refractivity contribution in [3.8, 4) is 46.2 Å². The largest absolute Gasteiger partial charge is 0.504 e. The zero-order valence-corrected chi connectivity index (χ0v) is 13.0. The summed E-state index contributed by atoms with van der Waals surface area (Å²) in [7, 11) is 0. The van der Waals surface area contributed by atoms with Crippen molar-refractivity contribution in [2.75, 3.05) is 0 Å². The Balaban J connectivity index is 2.24. The van der Waals surface area contributed by atoms with Crippen molar-refractivity contribution in [1.82, 2.24) is 4.98 Å². The number of benzene rings is 2. The van der Waals surface area contributed by atoms with E-state index in [1.165, 1.54) is 12.1 Å². The zero-order valence-electron chi connectivity index (χ0n) is 13.0. The van der Waals surface area contributed by atoms with Crippen LogP contribution in [0.1, 0.15) is 11.1 Å². The van der Waals surface area contributed by atoms with Gasteiger partial charge in [0.2, 0.25) is 0 Å². The third-order valence-electron chi connectivity index (χ3n) is 3.83. The zero-order chi connectivity index (χ0) is 17.3. The maximum atomic E-state index is 12.3. The molecular formula is C20H15NO3. The smallest absolute Gasteiger partial charge is 0.264 e. The van der Waals surface area contributed by atoms with Gasteiger partial charge in [0, 0.05) is 11.3 Å². The van der Waals surface area contributed by atoms with Crippen LogP contribution in [-0.2, 0) is 0 Å². The van der Waals surface area contributed by atoms with Crippen molar-refractivity contribution in [2.24, 2.45) is 0 Å². The first kappa shape index (κ1) is 15.4. The molecule has 0 spiro atoms. The molecule has 0 saturated heterocycles. The van der Waals surface area contributed by atoms with E-state index in [0.29, 0.717) is 16.8 Å². The number of aryl methyl sites for hydroxylation is 1. The molecule has 0 atom stereocenters. The molecule has 0 aliphatic carbocycles. The van der Waals surface area contributed by atoms with E-state index in [0.717, 1.165) is 11.1 Å². The SMILES string of the molecule is C#Cc1c(-c2ccc(O)c(O)c2)cc(-c2ccc(C)cc2)[nH]c1=O. The minimum atomic E-state index is -0.377. The van der Waals surface area contributed by atoms with Gasteiger partial charge in [-0.3, -0.25) is 4.79 Å². The highest BCUT2D eigenvalue weighted by Crippen LogP contribution is 2.32. The van der Waals surface area contributed by atoms with E-state index in [2.05, 4.69) is 10.9 Å². The number of phenols is 2. The summed E-state index contributed by atoms with van der Waals surface area (Å²) in [6.07, 6.45) is 5.48. The quantitative estimate of drug-likeness (QED) is 0.501. The van der Waals surface area contributed by atoms with Crippen LogP contribution in [0.2, 0.25) is 0 Å². The first-order valence-electron chi connectivity index (χ1n) is 7.33. The summed E-state index contributed by atoms with van der Waals surface area (Å²) < 4.78 is 0. The molecular weight excluding hydrogens is 302 g/mol. The predicted octanol–water partition coefficient (Wildman–Crippen LogP) is 3.41. The van der Waals surface area contributed by atoms with Crippen LogP contribution in [0, 0.1) is 19.3 Å². The lowest BCUT2D eigenvalue weighted by molar-refractivity contribution is 0.404. The normalized spacial score (nSPS) is 10.3. The van der Waals surface area contributed by atoms with E-state index < -0.39 is 0 Å². The molecule has 0 saturated carbocycles. The summed E-state index contributed by atoms with van der Waals surface area (Å²) in [5.74, 6) is 1.89. The van der Waals surface area contributed by atoms with Crippen LogP contribution in [0.3, 0.4) is 0 Å². The van der Waals surface area contributed by atoms with Gasteiger partial charge >= 0.3 is 0 Å². The molecule has 118 valence electrons. The lowest BCUT2D eigenvalue weighted by atomic mass is 9.98. The number of aromatic hydroxyl groups is 2. The summed E-state index contributed by atoms with van der Waals surface area (Å²) in [6, 6.07) is 13.8. The second kappa shape index (κ2) is 5.98. The average Bonchev–Trinajstić information content (AvgIpc) is 2.57. The fourth-order valence-electron chi connectivity index (χ4n) is 2.51. The van der Waals surface area contributed by atoms with E-state index in [9.17, 15) is 15.0 Å². The lowest BCUT2D eigenvalue weighted by Crippen LogP contribution is -2.12. The number of H-pyrrole nitrogens is 1. The summed E-state index contributed by atoms with van der Waals surface area (Å²) in [5.41, 5.74) is 3.47. The maximum Gasteiger partial charge on any atom is 0.264 e. The van der Waals surface area contributed by atoms with Crippen molar-refractivity contribution in [1.29, 1.82) is 0 Å². The fraction of sp³-hybridized carbons (Fsp3) is 0.0500. The molecule has 2 aromatic carbocycles. The van der Waals surface area contributed by atoms with E-state index in [1.807, 2.05) is 31.2 Å². The number of hydrogen-bond donors (Lipinski definition) is 3. The monoisotopic (exact) mass is 317 g/mol. The van der Waals surface area contributed by atoms with Crippen LogP contribution in [0.15, 0.2) is 53.3 Å². The fourth-order valence-corrected chi connectivity index (χ4v) is 2.51. The predicted molar refractivity (Wildman–Crippen MR) is 93.9 cm³/mol. The Morgan fingerprint density at radius 2 is 1.62 bits per heavy atom. The third-order valence-corrected chi connectivity index (χ3v) is 3.83. The minimum absolute atomic E-state index is 0.177. The second-order valence-electron chi connectivity index (χ2n) is 5.51. The lowest BCUT2D eigenvalue weighted by Gasteiger charge is -2.10. The van der Waals surface area contributed by atoms with Gasteiger partial charge in [0.1, 0.15) is 0 Å². The Bertz CT molecular complexity index is 1010. The van der Waals surface area contributed by atoms with Gasteiger partial charge in [0.25, 0.3) is 5.56 Å². The molecule has 3 N–H and O–H groups in total. The molecule has 0 aliphatic heterocycles. The van der Waals surface area contributed by atoms with Gasteiger partial charge < -0.3 is 15.2 Å². The molecule has 3 rings (SSSR count). The number of phenolic OH excluding ortho intramolecular Hbond substituents is 2. The molecule has 1 aromatic heterocycles. The van der Waals surface area contributed by atoms with Crippen LogP contribution in [0.25, 0.3) is 22.4 Å². The number of rotatable bonds is 2. The number of hydrogen-bond acceptors (Lipinski definition) is 3. The third kappa shape index (κ3) is 2.75. The van der Waals surface area contributed by atoms with Crippen LogP contribution >= 0.6 is 0 Å². The first-order chi connectivity index (χ1) is 11.5. The van der Waals surface area contributed by atoms with Crippen LogP contribution in [-0.4, -0.2) is 15.2 Å². The van der Waals surface area contributed by atoms with Crippen molar-refractivity contribution < 1.29 is 10.2 Å². The standard InChI is InChI=1S/C20H15NO3/c1-3-15-16(14-8-9-18(22)19(23)10-14)11-17(21-20(15)24)13-6-4-12(2)5-7-13/h1,4-11,22-23H,2H3,(H,21,24). The molecule has 3 aromatic rings. The van der Waals surface area contributed by atoms with Gasteiger partial charge in [-0.2, -0.15) is 0 Å². The van der Waals surface area contributed by atoms with Gasteiger partial charge in [-0.25, -0.2) is 0 Å². The molecule has 0 unspecified atom stereocenters. The number of aromatic amines is 1. The van der Waals surface area contributed by atoms with Crippen LogP contribution in [0.4, 0.5) is 0 Å². The van der Waals surface area contributed by atoms with Crippen LogP contribution < -0.4 is 5.56 Å². The maximum absolute atomic E-state index is 12.3.